The van der Waals surface area contributed by atoms with Gasteiger partial charge in [0.2, 0.25) is 0 Å². The van der Waals surface area contributed by atoms with E-state index >= 15 is 0 Å². The van der Waals surface area contributed by atoms with E-state index in [2.05, 4.69) is 191 Å². The van der Waals surface area contributed by atoms with Crippen molar-refractivity contribution in [3.05, 3.63) is 194 Å². The van der Waals surface area contributed by atoms with Crippen LogP contribution in [0, 0.1) is 0 Å². The Bertz CT molecular complexity index is 2230. The maximum atomic E-state index is 13.2. The number of unbranched alkanes of at least 4 members (excludes halogenated alkanes) is 4. The summed E-state index contributed by atoms with van der Waals surface area (Å²) in [4.78, 5) is 51.3. The summed E-state index contributed by atoms with van der Waals surface area (Å²) in [6, 6.07) is 0. The van der Waals surface area contributed by atoms with Crippen LogP contribution in [0.1, 0.15) is 188 Å². The number of aliphatic hydroxyl groups excluding tert-OH is 2. The second-order valence-corrected chi connectivity index (χ2v) is 20.2. The average molecular weight is 1180 g/mol. The third-order valence-corrected chi connectivity index (χ3v) is 12.7. The van der Waals surface area contributed by atoms with E-state index in [4.69, 9.17) is 23.7 Å². The van der Waals surface area contributed by atoms with Crippen LogP contribution in [0.5, 0.6) is 0 Å². The van der Waals surface area contributed by atoms with E-state index in [0.717, 1.165) is 116 Å². The summed E-state index contributed by atoms with van der Waals surface area (Å²) in [5, 5.41) is 31.6. The van der Waals surface area contributed by atoms with Crippen LogP contribution < -0.4 is 0 Å². The van der Waals surface area contributed by atoms with Crippen molar-refractivity contribution in [2.45, 2.75) is 225 Å². The molecule has 0 amide bonds. The molecule has 1 fully saturated rings. The summed E-state index contributed by atoms with van der Waals surface area (Å²) < 4.78 is 28.3. The largest absolute Gasteiger partial charge is 0.479 e. The number of carboxylic acids is 1. The quantitative estimate of drug-likeness (QED) is 0.0228. The summed E-state index contributed by atoms with van der Waals surface area (Å²) in [6.45, 7) is 5.50. The van der Waals surface area contributed by atoms with Gasteiger partial charge in [-0.1, -0.05) is 228 Å². The van der Waals surface area contributed by atoms with E-state index in [0.29, 0.717) is 32.1 Å². The van der Waals surface area contributed by atoms with Gasteiger partial charge in [-0.15, -0.1) is 0 Å². The van der Waals surface area contributed by atoms with E-state index in [9.17, 15) is 34.5 Å². The number of allylic oxidation sites excluding steroid dienone is 32. The monoisotopic (exact) mass is 1170 g/mol. The fraction of sp³-hybridized carbons (Fsp3) is 0.507. The van der Waals surface area contributed by atoms with Gasteiger partial charge in [0.05, 0.1) is 6.61 Å². The van der Waals surface area contributed by atoms with Gasteiger partial charge in [-0.3, -0.25) is 14.4 Å². The molecule has 1 heterocycles. The Morgan fingerprint density at radius 2 is 0.729 bits per heavy atom. The molecule has 3 N–H and O–H groups in total. The minimum absolute atomic E-state index is 0.00386. The van der Waals surface area contributed by atoms with Crippen molar-refractivity contribution in [2.75, 3.05) is 13.2 Å². The number of aliphatic hydroxyl groups is 2. The molecule has 470 valence electrons. The summed E-state index contributed by atoms with van der Waals surface area (Å²) in [5.41, 5.74) is 0. The first kappa shape index (κ1) is 76.6. The lowest BCUT2D eigenvalue weighted by molar-refractivity contribution is -0.301. The molecule has 0 aromatic rings. The first-order valence-corrected chi connectivity index (χ1v) is 31.4. The molecule has 1 rings (SSSR count). The Balaban J connectivity index is 2.81. The summed E-state index contributed by atoms with van der Waals surface area (Å²) in [6.07, 6.45) is 77.0. The first-order valence-electron chi connectivity index (χ1n) is 31.4. The Morgan fingerprint density at radius 1 is 0.388 bits per heavy atom. The minimum atomic E-state index is -1.95. The number of carboxylic acid groups (broad SMARTS) is 1. The highest BCUT2D eigenvalue weighted by molar-refractivity contribution is 5.74. The van der Waals surface area contributed by atoms with E-state index in [1.807, 2.05) is 24.3 Å². The molecule has 85 heavy (non-hydrogen) atoms. The molecule has 6 atom stereocenters. The maximum Gasteiger partial charge on any atom is 0.335 e. The van der Waals surface area contributed by atoms with Crippen molar-refractivity contribution in [3.63, 3.8) is 0 Å². The van der Waals surface area contributed by atoms with Gasteiger partial charge in [0, 0.05) is 19.3 Å². The Labute approximate surface area is 512 Å². The second kappa shape index (κ2) is 58.0. The van der Waals surface area contributed by atoms with Crippen molar-refractivity contribution >= 4 is 23.9 Å². The molecule has 0 bridgehead atoms. The number of carbonyl (C=O) groups excluding carboxylic acids is 3. The van der Waals surface area contributed by atoms with Gasteiger partial charge in [0.15, 0.2) is 24.6 Å². The summed E-state index contributed by atoms with van der Waals surface area (Å²) >= 11 is 0. The zero-order valence-corrected chi connectivity index (χ0v) is 51.8. The lowest BCUT2D eigenvalue weighted by Gasteiger charge is -2.40. The van der Waals surface area contributed by atoms with Gasteiger partial charge >= 0.3 is 23.9 Å². The molecule has 1 aliphatic heterocycles. The molecule has 0 saturated carbocycles. The highest BCUT2D eigenvalue weighted by Crippen LogP contribution is 2.26. The highest BCUT2D eigenvalue weighted by atomic mass is 16.7. The summed E-state index contributed by atoms with van der Waals surface area (Å²) in [7, 11) is 0. The van der Waals surface area contributed by atoms with Crippen LogP contribution in [0.25, 0.3) is 0 Å². The molecular formula is C73H106O12. The summed E-state index contributed by atoms with van der Waals surface area (Å²) in [5.74, 6) is -3.42. The van der Waals surface area contributed by atoms with Crippen molar-refractivity contribution in [3.8, 4) is 0 Å². The van der Waals surface area contributed by atoms with E-state index in [1.54, 1.807) is 0 Å². The fourth-order valence-electron chi connectivity index (χ4n) is 8.00. The number of esters is 3. The molecule has 12 nitrogen and oxygen atoms in total. The minimum Gasteiger partial charge on any atom is -0.479 e. The van der Waals surface area contributed by atoms with Crippen molar-refractivity contribution < 1.29 is 58.2 Å². The van der Waals surface area contributed by atoms with E-state index in [-0.39, 0.29) is 19.3 Å². The van der Waals surface area contributed by atoms with Gasteiger partial charge < -0.3 is 39.0 Å². The molecule has 0 spiro atoms. The molecule has 0 aromatic carbocycles. The van der Waals surface area contributed by atoms with Gasteiger partial charge in [0.25, 0.3) is 0 Å². The van der Waals surface area contributed by atoms with E-state index < -0.39 is 73.9 Å². The van der Waals surface area contributed by atoms with Crippen LogP contribution in [0.3, 0.4) is 0 Å². The standard InChI is InChI=1S/C73H106O12/c1-4-7-10-13-16-19-22-25-28-31-33-36-38-41-44-47-50-53-56-59-65(74)81-62-64(83-66(75)60-57-54-51-48-45-42-40-37-34-32-29-26-23-20-17-14-11-8-5-2)63-82-73-71(69(78)68(77)70(85-73)72(79)80)84-67(76)61-58-55-52-49-46-43-39-35-30-27-24-21-18-15-12-9-6-3/h7-12,16-21,25-30,33-34,36-37,39,41-45,50-51,53-54,64,68-71,73,77-78H,4-6,13-15,22-24,31-32,35,38,40,46-49,52,55-63H2,1-3H3,(H,79,80)/b10-7-,11-8-,12-9-,19-16-,20-17-,21-18-,28-25-,29-26-,30-27-,36-33-,37-34-,43-39-,44-41-,45-42-,53-50-,54-51-. The smallest absolute Gasteiger partial charge is 0.335 e. The number of rotatable bonds is 50. The van der Waals surface area contributed by atoms with Crippen LogP contribution in [-0.2, 0) is 42.9 Å². The van der Waals surface area contributed by atoms with Crippen LogP contribution in [0.4, 0.5) is 0 Å². The van der Waals surface area contributed by atoms with Crippen LogP contribution in [0.15, 0.2) is 194 Å². The Kier molecular flexibility index (Phi) is 52.2. The SMILES string of the molecule is CC/C=C\C/C=C\C/C=C\C/C=C\C/C=C\C/C=C\CCC(=O)OCC(COC1OC(C(=O)O)C(O)C(O)C1OC(=O)CCCCCC/C=C\C/C=C\C/C=C\C/C=C\CC)OC(=O)CC/C=C\C/C=C\C/C=C\C/C=C\C/C=C\C/C=C\CC. The van der Waals surface area contributed by atoms with Gasteiger partial charge in [0.1, 0.15) is 18.8 Å². The van der Waals surface area contributed by atoms with Crippen LogP contribution in [0.2, 0.25) is 0 Å². The molecule has 1 saturated heterocycles. The number of carbonyl (C=O) groups is 4. The zero-order valence-electron chi connectivity index (χ0n) is 51.8. The predicted octanol–water partition coefficient (Wildman–Crippen LogP) is 17.0. The molecule has 1 aliphatic rings. The normalized spacial score (nSPS) is 18.8. The molecular weight excluding hydrogens is 1070 g/mol. The molecule has 0 aliphatic carbocycles. The van der Waals surface area contributed by atoms with Gasteiger partial charge in [-0.25, -0.2) is 4.79 Å². The molecule has 0 aromatic heterocycles. The maximum absolute atomic E-state index is 13.2. The highest BCUT2D eigenvalue weighted by Gasteiger charge is 2.50. The van der Waals surface area contributed by atoms with Crippen molar-refractivity contribution in [1.82, 2.24) is 0 Å². The van der Waals surface area contributed by atoms with Gasteiger partial charge in [-0.2, -0.15) is 0 Å². The fourth-order valence-corrected chi connectivity index (χ4v) is 8.00. The predicted molar refractivity (Wildman–Crippen MR) is 348 cm³/mol. The Hall–Kier alpha value is -6.44. The van der Waals surface area contributed by atoms with Gasteiger partial charge in [-0.05, 0) is 135 Å². The number of aliphatic carboxylic acids is 1. The van der Waals surface area contributed by atoms with Crippen molar-refractivity contribution in [1.29, 1.82) is 0 Å². The number of hydrogen-bond donors (Lipinski definition) is 3. The Morgan fingerprint density at radius 3 is 1.11 bits per heavy atom. The third kappa shape index (κ3) is 47.5. The van der Waals surface area contributed by atoms with E-state index in [1.165, 1.54) is 0 Å². The topological polar surface area (TPSA) is 175 Å². The van der Waals surface area contributed by atoms with Crippen LogP contribution >= 0.6 is 0 Å². The lowest BCUT2D eigenvalue weighted by atomic mass is 9.98. The third-order valence-electron chi connectivity index (χ3n) is 12.7. The van der Waals surface area contributed by atoms with Crippen LogP contribution in [-0.4, -0.2) is 89.2 Å². The second-order valence-electron chi connectivity index (χ2n) is 20.2. The van der Waals surface area contributed by atoms with Crippen molar-refractivity contribution in [2.24, 2.45) is 0 Å². The average Bonchev–Trinajstić information content (AvgIpc) is 3.46. The molecule has 6 unspecified atom stereocenters. The number of hydrogen-bond acceptors (Lipinski definition) is 11. The lowest BCUT2D eigenvalue weighted by Crippen LogP contribution is -2.61. The molecule has 0 radical (unpaired) electrons. The zero-order chi connectivity index (χ0) is 61.7. The first-order chi connectivity index (χ1) is 41.6. The number of ether oxygens (including phenoxy) is 5. The molecule has 12 heteroatoms.